The van der Waals surface area contributed by atoms with Crippen LogP contribution in [-0.2, 0) is 10.0 Å². The summed E-state index contributed by atoms with van der Waals surface area (Å²) in [5.74, 6) is 1.16. The lowest BCUT2D eigenvalue weighted by Crippen LogP contribution is -2.49. The maximum atomic E-state index is 12.7. The fraction of sp³-hybridized carbons (Fsp3) is 0.571. The molecule has 2 atom stereocenters. The van der Waals surface area contributed by atoms with E-state index in [9.17, 15) is 8.42 Å². The van der Waals surface area contributed by atoms with Crippen LogP contribution < -0.4 is 10.5 Å². The summed E-state index contributed by atoms with van der Waals surface area (Å²) in [6, 6.07) is 6.39. The van der Waals surface area contributed by atoms with Gasteiger partial charge in [-0.05, 0) is 43.0 Å². The van der Waals surface area contributed by atoms with E-state index in [1.807, 2.05) is 0 Å². The average molecular weight is 335 g/mol. The van der Waals surface area contributed by atoms with Crippen LogP contribution in [0.2, 0.25) is 0 Å². The number of methoxy groups -OCH3 is 1. The molecule has 7 heteroatoms. The van der Waals surface area contributed by atoms with Gasteiger partial charge in [-0.2, -0.15) is 4.31 Å². The molecular weight excluding hydrogens is 312 g/mol. The quantitative estimate of drug-likeness (QED) is 0.912. The van der Waals surface area contributed by atoms with Gasteiger partial charge < -0.3 is 10.5 Å². The third-order valence-corrected chi connectivity index (χ3v) is 5.83. The fourth-order valence-electron chi connectivity index (χ4n) is 2.64. The molecule has 0 saturated carbocycles. The first-order valence-electron chi connectivity index (χ1n) is 6.85. The van der Waals surface area contributed by atoms with Gasteiger partial charge in [0.15, 0.2) is 0 Å². The van der Waals surface area contributed by atoms with E-state index in [0.29, 0.717) is 29.7 Å². The van der Waals surface area contributed by atoms with E-state index in [0.717, 1.165) is 12.8 Å². The standard InChI is InChI=1S/C14H22N2O3S.ClH/c1-11-7-8-16(12(9-11)10-15)20(17,18)14-5-3-13(19-2)4-6-14;/h3-6,11-12H,7-10,15H2,1-2H3;1H. The van der Waals surface area contributed by atoms with Crippen molar-refractivity contribution in [3.63, 3.8) is 0 Å². The van der Waals surface area contributed by atoms with Gasteiger partial charge in [-0.15, -0.1) is 12.4 Å². The molecule has 120 valence electrons. The number of piperidine rings is 1. The molecule has 21 heavy (non-hydrogen) atoms. The zero-order valence-corrected chi connectivity index (χ0v) is 14.0. The van der Waals surface area contributed by atoms with E-state index < -0.39 is 10.0 Å². The first-order chi connectivity index (χ1) is 9.48. The summed E-state index contributed by atoms with van der Waals surface area (Å²) in [5.41, 5.74) is 5.75. The normalized spacial score (nSPS) is 23.4. The van der Waals surface area contributed by atoms with Crippen LogP contribution in [0.5, 0.6) is 5.75 Å². The monoisotopic (exact) mass is 334 g/mol. The van der Waals surface area contributed by atoms with Gasteiger partial charge >= 0.3 is 0 Å². The van der Waals surface area contributed by atoms with Gasteiger partial charge in [-0.1, -0.05) is 6.92 Å². The highest BCUT2D eigenvalue weighted by molar-refractivity contribution is 7.89. The molecule has 0 radical (unpaired) electrons. The first-order valence-corrected chi connectivity index (χ1v) is 8.29. The maximum absolute atomic E-state index is 12.7. The van der Waals surface area contributed by atoms with Crippen molar-refractivity contribution in [1.82, 2.24) is 4.31 Å². The first kappa shape index (κ1) is 18.2. The number of ether oxygens (including phenoxy) is 1. The SMILES string of the molecule is COc1ccc(S(=O)(=O)N2CCC(C)CC2CN)cc1.Cl. The highest BCUT2D eigenvalue weighted by Crippen LogP contribution is 2.28. The molecule has 1 aliphatic rings. The molecule has 1 heterocycles. The summed E-state index contributed by atoms with van der Waals surface area (Å²) in [6.45, 7) is 3.04. The molecule has 1 aliphatic heterocycles. The Morgan fingerprint density at radius 3 is 2.48 bits per heavy atom. The lowest BCUT2D eigenvalue weighted by molar-refractivity contribution is 0.211. The summed E-state index contributed by atoms with van der Waals surface area (Å²) in [7, 11) is -1.92. The number of rotatable bonds is 4. The molecule has 0 amide bonds. The Bertz CT molecular complexity index is 548. The Morgan fingerprint density at radius 1 is 1.33 bits per heavy atom. The molecule has 0 aliphatic carbocycles. The fourth-order valence-corrected chi connectivity index (χ4v) is 4.30. The van der Waals surface area contributed by atoms with Crippen LogP contribution in [0, 0.1) is 5.92 Å². The Hall–Kier alpha value is -0.820. The van der Waals surface area contributed by atoms with Crippen LogP contribution in [0.3, 0.4) is 0 Å². The summed E-state index contributed by atoms with van der Waals surface area (Å²) in [6.07, 6.45) is 1.71. The summed E-state index contributed by atoms with van der Waals surface area (Å²) >= 11 is 0. The van der Waals surface area contributed by atoms with Crippen molar-refractivity contribution in [2.45, 2.75) is 30.7 Å². The van der Waals surface area contributed by atoms with Crippen LogP contribution >= 0.6 is 12.4 Å². The van der Waals surface area contributed by atoms with Gasteiger partial charge in [0.2, 0.25) is 10.0 Å². The van der Waals surface area contributed by atoms with Crippen LogP contribution in [0.25, 0.3) is 0 Å². The number of hydrogen-bond donors (Lipinski definition) is 1. The van der Waals surface area contributed by atoms with E-state index in [-0.39, 0.29) is 18.4 Å². The van der Waals surface area contributed by atoms with Gasteiger partial charge in [0, 0.05) is 19.1 Å². The molecule has 2 unspecified atom stereocenters. The number of halogens is 1. The smallest absolute Gasteiger partial charge is 0.243 e. The molecule has 1 saturated heterocycles. The Kier molecular flexibility index (Phi) is 6.46. The minimum Gasteiger partial charge on any atom is -0.497 e. The maximum Gasteiger partial charge on any atom is 0.243 e. The molecule has 1 aromatic rings. The van der Waals surface area contributed by atoms with Crippen molar-refractivity contribution in [2.75, 3.05) is 20.2 Å². The minimum atomic E-state index is -3.47. The molecule has 0 aromatic heterocycles. The molecular formula is C14H23ClN2O3S. The molecule has 2 rings (SSSR count). The second-order valence-electron chi connectivity index (χ2n) is 5.31. The highest BCUT2D eigenvalue weighted by Gasteiger charge is 2.34. The van der Waals surface area contributed by atoms with Crippen LogP contribution in [0.15, 0.2) is 29.2 Å². The zero-order valence-electron chi connectivity index (χ0n) is 12.4. The van der Waals surface area contributed by atoms with Crippen LogP contribution in [-0.4, -0.2) is 39.0 Å². The number of nitrogens with zero attached hydrogens (tertiary/aromatic N) is 1. The van der Waals surface area contributed by atoms with Crippen molar-refractivity contribution in [3.05, 3.63) is 24.3 Å². The third-order valence-electron chi connectivity index (χ3n) is 3.86. The molecule has 5 nitrogen and oxygen atoms in total. The van der Waals surface area contributed by atoms with E-state index in [1.54, 1.807) is 35.7 Å². The lowest BCUT2D eigenvalue weighted by Gasteiger charge is -2.36. The van der Waals surface area contributed by atoms with E-state index in [2.05, 4.69) is 6.92 Å². The average Bonchev–Trinajstić information content (AvgIpc) is 2.46. The van der Waals surface area contributed by atoms with E-state index in [4.69, 9.17) is 10.5 Å². The van der Waals surface area contributed by atoms with Crippen LogP contribution in [0.4, 0.5) is 0 Å². The van der Waals surface area contributed by atoms with Gasteiger partial charge in [-0.3, -0.25) is 0 Å². The number of benzene rings is 1. The van der Waals surface area contributed by atoms with Crippen LogP contribution in [0.1, 0.15) is 19.8 Å². The summed E-state index contributed by atoms with van der Waals surface area (Å²) < 4.78 is 32.0. The Labute approximate surface area is 132 Å². The van der Waals surface area contributed by atoms with Gasteiger partial charge in [0.1, 0.15) is 5.75 Å². The number of nitrogens with two attached hydrogens (primary N) is 1. The van der Waals surface area contributed by atoms with E-state index >= 15 is 0 Å². The predicted octanol–water partition coefficient (Wildman–Crippen LogP) is 1.86. The molecule has 0 spiro atoms. The Balaban J connectivity index is 0.00000220. The molecule has 0 bridgehead atoms. The topological polar surface area (TPSA) is 72.6 Å². The van der Waals surface area contributed by atoms with Crippen molar-refractivity contribution in [2.24, 2.45) is 11.7 Å². The summed E-state index contributed by atoms with van der Waals surface area (Å²) in [5, 5.41) is 0. The van der Waals surface area contributed by atoms with Gasteiger partial charge in [0.25, 0.3) is 0 Å². The van der Waals surface area contributed by atoms with Crippen molar-refractivity contribution >= 4 is 22.4 Å². The largest absolute Gasteiger partial charge is 0.497 e. The van der Waals surface area contributed by atoms with Gasteiger partial charge in [-0.25, -0.2) is 8.42 Å². The Morgan fingerprint density at radius 2 is 1.95 bits per heavy atom. The zero-order chi connectivity index (χ0) is 14.8. The van der Waals surface area contributed by atoms with E-state index in [1.165, 1.54) is 0 Å². The predicted molar refractivity (Wildman–Crippen MR) is 85.4 cm³/mol. The molecule has 1 fully saturated rings. The van der Waals surface area contributed by atoms with Crippen molar-refractivity contribution < 1.29 is 13.2 Å². The highest BCUT2D eigenvalue weighted by atomic mass is 35.5. The lowest BCUT2D eigenvalue weighted by atomic mass is 9.94. The minimum absolute atomic E-state index is 0. The summed E-state index contributed by atoms with van der Waals surface area (Å²) in [4.78, 5) is 0.298. The van der Waals surface area contributed by atoms with Gasteiger partial charge in [0.05, 0.1) is 12.0 Å². The number of sulfonamides is 1. The molecule has 1 aromatic carbocycles. The second kappa shape index (κ2) is 7.45. The third kappa shape index (κ3) is 3.88. The van der Waals surface area contributed by atoms with Crippen molar-refractivity contribution in [3.8, 4) is 5.75 Å². The second-order valence-corrected chi connectivity index (χ2v) is 7.20. The number of hydrogen-bond acceptors (Lipinski definition) is 4. The molecule has 2 N–H and O–H groups in total. The van der Waals surface area contributed by atoms with Crippen molar-refractivity contribution in [1.29, 1.82) is 0 Å².